The van der Waals surface area contributed by atoms with Crippen molar-refractivity contribution in [3.05, 3.63) is 58.6 Å². The molecule has 2 rings (SSSR count). The third kappa shape index (κ3) is 4.67. The van der Waals surface area contributed by atoms with E-state index in [1.807, 2.05) is 38.1 Å². The molecule has 0 saturated carbocycles. The molecule has 7 heteroatoms. The smallest absolute Gasteiger partial charge is 0.337 e. The van der Waals surface area contributed by atoms with Crippen molar-refractivity contribution in [1.82, 2.24) is 5.32 Å². The Balaban J connectivity index is 2.13. The van der Waals surface area contributed by atoms with E-state index in [0.29, 0.717) is 16.3 Å². The van der Waals surface area contributed by atoms with Crippen LogP contribution in [0.3, 0.4) is 0 Å². The van der Waals surface area contributed by atoms with E-state index < -0.39 is 17.5 Å². The van der Waals surface area contributed by atoms with Crippen molar-refractivity contribution in [2.24, 2.45) is 0 Å². The average Bonchev–Trinajstić information content (AvgIpc) is 2.62. The van der Waals surface area contributed by atoms with Gasteiger partial charge in [-0.25, -0.2) is 9.59 Å². The predicted molar refractivity (Wildman–Crippen MR) is 101 cm³/mol. The number of carbonyl (C=O) groups is 2. The van der Waals surface area contributed by atoms with Crippen molar-refractivity contribution >= 4 is 29.3 Å². The van der Waals surface area contributed by atoms with Gasteiger partial charge in [-0.15, -0.1) is 0 Å². The quantitative estimate of drug-likeness (QED) is 0.767. The Morgan fingerprint density at radius 2 is 1.69 bits per heavy atom. The molecular weight excluding hydrogens is 356 g/mol. The van der Waals surface area contributed by atoms with Crippen molar-refractivity contribution in [3.8, 4) is 5.75 Å². The molecule has 0 aliphatic heterocycles. The zero-order valence-corrected chi connectivity index (χ0v) is 15.8. The summed E-state index contributed by atoms with van der Waals surface area (Å²) in [5.41, 5.74) is 0.880. The highest BCUT2D eigenvalue weighted by molar-refractivity contribution is 6.33. The Labute approximate surface area is 157 Å². The zero-order valence-electron chi connectivity index (χ0n) is 15.1. The summed E-state index contributed by atoms with van der Waals surface area (Å²) in [4.78, 5) is 24.0. The Kier molecular flexibility index (Phi) is 6.10. The Morgan fingerprint density at radius 3 is 2.27 bits per heavy atom. The molecule has 2 amide bonds. The molecular formula is C19H21ClN2O4. The van der Waals surface area contributed by atoms with Gasteiger partial charge in [-0.3, -0.25) is 0 Å². The maximum atomic E-state index is 12.4. The first-order valence-corrected chi connectivity index (χ1v) is 8.26. The molecule has 0 saturated heterocycles. The van der Waals surface area contributed by atoms with Gasteiger partial charge in [0.2, 0.25) is 0 Å². The van der Waals surface area contributed by atoms with Gasteiger partial charge in [-0.1, -0.05) is 23.7 Å². The number of hydrogen-bond donors (Lipinski definition) is 2. The van der Waals surface area contributed by atoms with Crippen LogP contribution in [0.15, 0.2) is 42.5 Å². The summed E-state index contributed by atoms with van der Waals surface area (Å²) in [7, 11) is 2.88. The number of esters is 1. The molecule has 0 heterocycles. The van der Waals surface area contributed by atoms with Crippen LogP contribution in [-0.4, -0.2) is 26.2 Å². The third-order valence-electron chi connectivity index (χ3n) is 3.87. The van der Waals surface area contributed by atoms with Crippen LogP contribution in [0, 0.1) is 0 Å². The van der Waals surface area contributed by atoms with Gasteiger partial charge in [0.05, 0.1) is 36.0 Å². The second kappa shape index (κ2) is 8.10. The lowest BCUT2D eigenvalue weighted by Gasteiger charge is -2.27. The summed E-state index contributed by atoms with van der Waals surface area (Å²) >= 11 is 6.10. The SMILES string of the molecule is COC(=O)c1ccc(Cl)c(NC(=O)NC(C)(C)c2ccc(OC)cc2)c1. The summed E-state index contributed by atoms with van der Waals surface area (Å²) in [6.45, 7) is 3.75. The number of amides is 2. The van der Waals surface area contributed by atoms with Gasteiger partial charge in [0.25, 0.3) is 0 Å². The van der Waals surface area contributed by atoms with Gasteiger partial charge in [0.1, 0.15) is 5.75 Å². The Bertz CT molecular complexity index is 804. The van der Waals surface area contributed by atoms with Crippen LogP contribution in [0.2, 0.25) is 5.02 Å². The van der Waals surface area contributed by atoms with Crippen LogP contribution in [-0.2, 0) is 10.3 Å². The summed E-state index contributed by atoms with van der Waals surface area (Å²) in [5.74, 6) is 0.226. The highest BCUT2D eigenvalue weighted by Crippen LogP contribution is 2.25. The molecule has 0 aromatic heterocycles. The summed E-state index contributed by atoms with van der Waals surface area (Å²) in [5, 5.41) is 5.86. The minimum Gasteiger partial charge on any atom is -0.497 e. The normalized spacial score (nSPS) is 10.8. The first-order valence-electron chi connectivity index (χ1n) is 7.88. The maximum absolute atomic E-state index is 12.4. The van der Waals surface area contributed by atoms with Gasteiger partial charge < -0.3 is 20.1 Å². The highest BCUT2D eigenvalue weighted by atomic mass is 35.5. The number of rotatable bonds is 5. The lowest BCUT2D eigenvalue weighted by Crippen LogP contribution is -2.43. The van der Waals surface area contributed by atoms with Gasteiger partial charge in [-0.05, 0) is 49.7 Å². The van der Waals surface area contributed by atoms with Gasteiger partial charge in [0, 0.05) is 0 Å². The molecule has 2 aromatic carbocycles. The second-order valence-electron chi connectivity index (χ2n) is 6.12. The lowest BCUT2D eigenvalue weighted by atomic mass is 9.94. The third-order valence-corrected chi connectivity index (χ3v) is 4.20. The van der Waals surface area contributed by atoms with Crippen molar-refractivity contribution in [2.45, 2.75) is 19.4 Å². The van der Waals surface area contributed by atoms with Crippen molar-refractivity contribution in [1.29, 1.82) is 0 Å². The van der Waals surface area contributed by atoms with Gasteiger partial charge in [-0.2, -0.15) is 0 Å². The minimum absolute atomic E-state index is 0.293. The molecule has 6 nitrogen and oxygen atoms in total. The Morgan fingerprint density at radius 1 is 1.04 bits per heavy atom. The van der Waals surface area contributed by atoms with E-state index in [2.05, 4.69) is 15.4 Å². The predicted octanol–water partition coefficient (Wildman–Crippen LogP) is 4.19. The summed E-state index contributed by atoms with van der Waals surface area (Å²) in [6, 6.07) is 11.5. The van der Waals surface area contributed by atoms with Crippen LogP contribution < -0.4 is 15.4 Å². The average molecular weight is 377 g/mol. The van der Waals surface area contributed by atoms with Gasteiger partial charge in [0.15, 0.2) is 0 Å². The van der Waals surface area contributed by atoms with E-state index in [9.17, 15) is 9.59 Å². The number of hydrogen-bond acceptors (Lipinski definition) is 4. The van der Waals surface area contributed by atoms with Crippen molar-refractivity contribution in [3.63, 3.8) is 0 Å². The largest absolute Gasteiger partial charge is 0.497 e. The van der Waals surface area contributed by atoms with E-state index in [4.69, 9.17) is 16.3 Å². The number of urea groups is 1. The number of carbonyl (C=O) groups excluding carboxylic acids is 2. The molecule has 0 radical (unpaired) electrons. The van der Waals surface area contributed by atoms with E-state index in [0.717, 1.165) is 11.3 Å². The minimum atomic E-state index is -0.636. The summed E-state index contributed by atoms with van der Waals surface area (Å²) in [6.07, 6.45) is 0. The molecule has 0 aliphatic carbocycles. The number of benzene rings is 2. The van der Waals surface area contributed by atoms with E-state index in [-0.39, 0.29) is 0 Å². The standard InChI is InChI=1S/C19H21ClN2O4/c1-19(2,13-6-8-14(25-3)9-7-13)22-18(24)21-16-11-12(17(23)26-4)5-10-15(16)20/h5-11H,1-4H3,(H2,21,22,24). The first kappa shape index (κ1) is 19.6. The summed E-state index contributed by atoms with van der Waals surface area (Å²) < 4.78 is 9.82. The molecule has 26 heavy (non-hydrogen) atoms. The van der Waals surface area contributed by atoms with Crippen LogP contribution in [0.4, 0.5) is 10.5 Å². The molecule has 2 aromatic rings. The molecule has 0 bridgehead atoms. The van der Waals surface area contributed by atoms with Crippen LogP contribution in [0.1, 0.15) is 29.8 Å². The van der Waals surface area contributed by atoms with Crippen LogP contribution in [0.5, 0.6) is 5.75 Å². The first-order chi connectivity index (χ1) is 12.3. The number of halogens is 1. The maximum Gasteiger partial charge on any atom is 0.337 e. The molecule has 0 aliphatic rings. The number of ether oxygens (including phenoxy) is 2. The van der Waals surface area contributed by atoms with Crippen LogP contribution >= 0.6 is 11.6 Å². The molecule has 0 atom stereocenters. The van der Waals surface area contributed by atoms with Crippen LogP contribution in [0.25, 0.3) is 0 Å². The van der Waals surface area contributed by atoms with Crippen molar-refractivity contribution in [2.75, 3.05) is 19.5 Å². The molecule has 0 spiro atoms. The van der Waals surface area contributed by atoms with E-state index in [1.165, 1.54) is 25.3 Å². The number of anilines is 1. The topological polar surface area (TPSA) is 76.7 Å². The van der Waals surface area contributed by atoms with Gasteiger partial charge >= 0.3 is 12.0 Å². The van der Waals surface area contributed by atoms with E-state index in [1.54, 1.807) is 7.11 Å². The van der Waals surface area contributed by atoms with E-state index >= 15 is 0 Å². The molecule has 138 valence electrons. The van der Waals surface area contributed by atoms with Crippen molar-refractivity contribution < 1.29 is 19.1 Å². The zero-order chi connectivity index (χ0) is 19.3. The highest BCUT2D eigenvalue weighted by Gasteiger charge is 2.23. The fraction of sp³-hybridized carbons (Fsp3) is 0.263. The second-order valence-corrected chi connectivity index (χ2v) is 6.53. The molecule has 0 fully saturated rings. The number of nitrogens with one attached hydrogen (secondary N) is 2. The molecule has 2 N–H and O–H groups in total. The Hall–Kier alpha value is -2.73. The molecule has 0 unspecified atom stereocenters. The number of methoxy groups -OCH3 is 2. The fourth-order valence-electron chi connectivity index (χ4n) is 2.38. The fourth-order valence-corrected chi connectivity index (χ4v) is 2.55. The lowest BCUT2D eigenvalue weighted by molar-refractivity contribution is 0.0600. The monoisotopic (exact) mass is 376 g/mol.